The van der Waals surface area contributed by atoms with Gasteiger partial charge >= 0.3 is 5.97 Å². The summed E-state index contributed by atoms with van der Waals surface area (Å²) < 4.78 is 5.65. The molecule has 4 rings (SSSR count). The number of carbonyl (C=O) groups excluding carboxylic acids is 2. The lowest BCUT2D eigenvalue weighted by Crippen LogP contribution is -2.41. The lowest BCUT2D eigenvalue weighted by atomic mass is 9.79. The smallest absolute Gasteiger partial charge is 0.310 e. The number of hydrogen-bond donors (Lipinski definition) is 3. The Morgan fingerprint density at radius 2 is 1.77 bits per heavy atom. The second-order valence-corrected chi connectivity index (χ2v) is 8.20. The number of hydrogen-bond acceptors (Lipinski definition) is 5. The Balaban J connectivity index is 1.46. The van der Waals surface area contributed by atoms with E-state index in [1.165, 1.54) is 11.3 Å². The largest absolute Gasteiger partial charge is 0.481 e. The van der Waals surface area contributed by atoms with Gasteiger partial charge in [-0.05, 0) is 37.1 Å². The van der Waals surface area contributed by atoms with Crippen LogP contribution in [0.3, 0.4) is 0 Å². The highest BCUT2D eigenvalue weighted by molar-refractivity contribution is 7.14. The summed E-state index contributed by atoms with van der Waals surface area (Å²) >= 11 is 1.27. The van der Waals surface area contributed by atoms with Crippen LogP contribution in [0.25, 0.3) is 0 Å². The van der Waals surface area contributed by atoms with E-state index in [2.05, 4.69) is 10.6 Å². The third-order valence-corrected chi connectivity index (χ3v) is 6.53. The Bertz CT molecular complexity index is 727. The molecule has 1 aromatic heterocycles. The molecule has 7 nitrogen and oxygen atoms in total. The summed E-state index contributed by atoms with van der Waals surface area (Å²) in [7, 11) is 0. The Morgan fingerprint density at radius 1 is 1.08 bits per heavy atom. The molecule has 2 bridgehead atoms. The molecule has 0 aromatic carbocycles. The summed E-state index contributed by atoms with van der Waals surface area (Å²) in [6, 6.07) is 1.89. The van der Waals surface area contributed by atoms with Crippen LogP contribution in [0.4, 0.5) is 5.00 Å². The van der Waals surface area contributed by atoms with Gasteiger partial charge < -0.3 is 20.5 Å². The third-order valence-electron chi connectivity index (χ3n) is 5.70. The monoisotopic (exact) mass is 378 g/mol. The fourth-order valence-electron chi connectivity index (χ4n) is 4.44. The van der Waals surface area contributed by atoms with E-state index in [4.69, 9.17) is 4.74 Å². The summed E-state index contributed by atoms with van der Waals surface area (Å²) in [5, 5.41) is 17.5. The van der Waals surface area contributed by atoms with Gasteiger partial charge in [-0.25, -0.2) is 0 Å². The van der Waals surface area contributed by atoms with Crippen molar-refractivity contribution in [3.05, 3.63) is 17.0 Å². The van der Waals surface area contributed by atoms with Crippen molar-refractivity contribution >= 4 is 34.1 Å². The number of nitrogens with one attached hydrogen (secondary N) is 2. The van der Waals surface area contributed by atoms with E-state index in [1.807, 2.05) is 0 Å². The maximum atomic E-state index is 12.8. The van der Waals surface area contributed by atoms with Crippen LogP contribution in [0, 0.1) is 11.8 Å². The Labute approximate surface area is 155 Å². The second kappa shape index (κ2) is 7.00. The number of fused-ring (bicyclic) bond motifs is 2. The molecule has 1 saturated carbocycles. The number of carboxylic acids is 1. The zero-order chi connectivity index (χ0) is 18.3. The van der Waals surface area contributed by atoms with Crippen LogP contribution in [0.15, 0.2) is 11.4 Å². The molecule has 0 unspecified atom stereocenters. The average molecular weight is 378 g/mol. The predicted octanol–water partition coefficient (Wildman–Crippen LogP) is 2.24. The van der Waals surface area contributed by atoms with Crippen LogP contribution in [0.2, 0.25) is 0 Å². The van der Waals surface area contributed by atoms with Crippen LogP contribution in [0.1, 0.15) is 48.9 Å². The standard InChI is InChI=1S/C18H22N2O5S/c21-15(19-9-3-1-2-4-9)10-7-8-26-17(10)20-16(22)13-11-5-6-12(25-11)14(13)18(23)24/h7-9,11-14H,1-6H2,(H,19,21)(H,20,22)(H,23,24)/t11-,12-,13+,14-/m0/s1. The lowest BCUT2D eigenvalue weighted by molar-refractivity contribution is -0.147. The quantitative estimate of drug-likeness (QED) is 0.729. The third kappa shape index (κ3) is 3.12. The van der Waals surface area contributed by atoms with Crippen molar-refractivity contribution in [3.8, 4) is 0 Å². The Kier molecular flexibility index (Phi) is 4.71. The molecule has 4 atom stereocenters. The van der Waals surface area contributed by atoms with Crippen molar-refractivity contribution in [2.45, 2.75) is 56.8 Å². The number of thiophene rings is 1. The highest BCUT2D eigenvalue weighted by Crippen LogP contribution is 2.44. The van der Waals surface area contributed by atoms with Crippen molar-refractivity contribution in [1.29, 1.82) is 0 Å². The first-order valence-corrected chi connectivity index (χ1v) is 10.00. The van der Waals surface area contributed by atoms with Gasteiger partial charge in [0.25, 0.3) is 5.91 Å². The molecule has 3 heterocycles. The Hall–Kier alpha value is -1.93. The number of carboxylic acid groups (broad SMARTS) is 1. The number of carbonyl (C=O) groups is 3. The number of rotatable bonds is 5. The zero-order valence-corrected chi connectivity index (χ0v) is 15.1. The molecule has 1 aliphatic carbocycles. The highest BCUT2D eigenvalue weighted by Gasteiger charge is 2.55. The molecule has 1 aromatic rings. The molecule has 2 amide bonds. The summed E-state index contributed by atoms with van der Waals surface area (Å²) in [5.41, 5.74) is 0.436. The molecule has 3 N–H and O–H groups in total. The normalized spacial score (nSPS) is 30.5. The summed E-state index contributed by atoms with van der Waals surface area (Å²) in [6.45, 7) is 0. The number of amides is 2. The number of anilines is 1. The zero-order valence-electron chi connectivity index (χ0n) is 14.3. The van der Waals surface area contributed by atoms with Gasteiger partial charge in [0.15, 0.2) is 0 Å². The average Bonchev–Trinajstić information content (AvgIpc) is 3.37. The number of aliphatic carboxylic acids is 1. The van der Waals surface area contributed by atoms with E-state index < -0.39 is 17.8 Å². The van der Waals surface area contributed by atoms with Crippen molar-refractivity contribution in [2.24, 2.45) is 11.8 Å². The van der Waals surface area contributed by atoms with Crippen molar-refractivity contribution in [2.75, 3.05) is 5.32 Å². The molecule has 2 aliphatic heterocycles. The van der Waals surface area contributed by atoms with Crippen LogP contribution in [-0.2, 0) is 14.3 Å². The summed E-state index contributed by atoms with van der Waals surface area (Å²) in [4.78, 5) is 36.8. The molecule has 3 aliphatic rings. The maximum absolute atomic E-state index is 12.8. The molecule has 8 heteroatoms. The molecule has 0 radical (unpaired) electrons. The van der Waals surface area contributed by atoms with E-state index in [1.54, 1.807) is 11.4 Å². The lowest BCUT2D eigenvalue weighted by Gasteiger charge is -2.23. The first kappa shape index (κ1) is 17.5. The minimum absolute atomic E-state index is 0.188. The fraction of sp³-hybridized carbons (Fsp3) is 0.611. The Morgan fingerprint density at radius 3 is 2.46 bits per heavy atom. The van der Waals surface area contributed by atoms with Gasteiger partial charge in [0.1, 0.15) is 5.00 Å². The number of ether oxygens (including phenoxy) is 1. The van der Waals surface area contributed by atoms with E-state index in [9.17, 15) is 19.5 Å². The van der Waals surface area contributed by atoms with Crippen LogP contribution in [0.5, 0.6) is 0 Å². The van der Waals surface area contributed by atoms with Crippen LogP contribution in [-0.4, -0.2) is 41.1 Å². The van der Waals surface area contributed by atoms with Gasteiger partial charge in [-0.2, -0.15) is 0 Å². The van der Waals surface area contributed by atoms with Crippen LogP contribution < -0.4 is 10.6 Å². The molecular formula is C18H22N2O5S. The van der Waals surface area contributed by atoms with Gasteiger partial charge in [0.2, 0.25) is 5.91 Å². The van der Waals surface area contributed by atoms with Gasteiger partial charge in [-0.15, -0.1) is 11.3 Å². The fourth-order valence-corrected chi connectivity index (χ4v) is 5.23. The van der Waals surface area contributed by atoms with Crippen LogP contribution >= 0.6 is 11.3 Å². The molecule has 26 heavy (non-hydrogen) atoms. The first-order valence-electron chi connectivity index (χ1n) is 9.12. The summed E-state index contributed by atoms with van der Waals surface area (Å²) in [5.74, 6) is -3.08. The highest BCUT2D eigenvalue weighted by atomic mass is 32.1. The summed E-state index contributed by atoms with van der Waals surface area (Å²) in [6.07, 6.45) is 4.86. The SMILES string of the molecule is O=C(NC1CCCC1)c1ccsc1NC(=O)[C@H]1[C@@H](C(=O)O)[C@@H]2CC[C@@H]1O2. The van der Waals surface area contributed by atoms with Gasteiger partial charge in [-0.3, -0.25) is 14.4 Å². The second-order valence-electron chi connectivity index (χ2n) is 7.29. The van der Waals surface area contributed by atoms with E-state index in [-0.39, 0.29) is 30.1 Å². The molecule has 3 fully saturated rings. The minimum atomic E-state index is -0.997. The predicted molar refractivity (Wildman–Crippen MR) is 95.2 cm³/mol. The van der Waals surface area contributed by atoms with Gasteiger partial charge in [0, 0.05) is 6.04 Å². The van der Waals surface area contributed by atoms with E-state index >= 15 is 0 Å². The van der Waals surface area contributed by atoms with Crippen molar-refractivity contribution in [3.63, 3.8) is 0 Å². The van der Waals surface area contributed by atoms with Crippen molar-refractivity contribution in [1.82, 2.24) is 5.32 Å². The molecule has 2 saturated heterocycles. The maximum Gasteiger partial charge on any atom is 0.310 e. The topological polar surface area (TPSA) is 105 Å². The van der Waals surface area contributed by atoms with E-state index in [0.29, 0.717) is 23.4 Å². The minimum Gasteiger partial charge on any atom is -0.481 e. The van der Waals surface area contributed by atoms with Gasteiger partial charge in [-0.1, -0.05) is 12.8 Å². The van der Waals surface area contributed by atoms with E-state index in [0.717, 1.165) is 25.7 Å². The molecule has 140 valence electrons. The first-order chi connectivity index (χ1) is 12.5. The molecular weight excluding hydrogens is 356 g/mol. The van der Waals surface area contributed by atoms with Crippen molar-refractivity contribution < 1.29 is 24.2 Å². The molecule has 0 spiro atoms. The van der Waals surface area contributed by atoms with Gasteiger partial charge in [0.05, 0.1) is 29.6 Å².